The summed E-state index contributed by atoms with van der Waals surface area (Å²) in [6.45, 7) is 0.234. The first-order valence-electron chi connectivity index (χ1n) is 10.4. The van der Waals surface area contributed by atoms with Crippen molar-refractivity contribution in [3.8, 4) is 5.75 Å². The van der Waals surface area contributed by atoms with E-state index in [1.165, 1.54) is 18.5 Å². The van der Waals surface area contributed by atoms with Gasteiger partial charge in [0.2, 0.25) is 0 Å². The Labute approximate surface area is 211 Å². The maximum absolute atomic E-state index is 12.6. The highest BCUT2D eigenvalue weighted by molar-refractivity contribution is 6.35. The molecule has 2 N–H and O–H groups in total. The Balaban J connectivity index is 1.34. The average molecular weight is 508 g/mol. The van der Waals surface area contributed by atoms with Gasteiger partial charge in [-0.2, -0.15) is 5.10 Å². The number of hydrazone groups is 1. The lowest BCUT2D eigenvalue weighted by Gasteiger charge is -2.09. The maximum atomic E-state index is 12.6. The number of furan rings is 1. The number of carbonyl (C=O) groups is 2. The molecule has 3 aromatic carbocycles. The fraction of sp³-hybridized carbons (Fsp3) is 0.0385. The van der Waals surface area contributed by atoms with Crippen molar-refractivity contribution in [2.24, 2.45) is 5.10 Å². The topological polar surface area (TPSA) is 92.9 Å². The molecule has 0 radical (unpaired) electrons. The first kappa shape index (κ1) is 24.1. The third kappa shape index (κ3) is 6.29. The Morgan fingerprint density at radius 2 is 1.63 bits per heavy atom. The van der Waals surface area contributed by atoms with Crippen LogP contribution in [-0.4, -0.2) is 18.0 Å². The van der Waals surface area contributed by atoms with Crippen molar-refractivity contribution < 1.29 is 18.7 Å². The second kappa shape index (κ2) is 11.4. The molecule has 1 aromatic heterocycles. The normalized spacial score (nSPS) is 10.8. The second-order valence-corrected chi connectivity index (χ2v) is 8.05. The van der Waals surface area contributed by atoms with Crippen molar-refractivity contribution in [3.63, 3.8) is 0 Å². The zero-order valence-electron chi connectivity index (χ0n) is 18.2. The zero-order chi connectivity index (χ0) is 24.6. The smallest absolute Gasteiger partial charge is 0.291 e. The van der Waals surface area contributed by atoms with Crippen LogP contribution in [0.25, 0.3) is 0 Å². The quantitative estimate of drug-likeness (QED) is 0.220. The standard InChI is InChI=1S/C26H19Cl2N3O4/c27-21-6-3-7-22(28)20(21)16-35-18-12-10-17(11-13-18)15-29-31-25(32)19-5-1-2-8-23(19)30-26(33)24-9-4-14-34-24/h1-15H,16H2,(H,30,33)(H,31,32)/b29-15-. The first-order chi connectivity index (χ1) is 17.0. The summed E-state index contributed by atoms with van der Waals surface area (Å²) in [5, 5.41) is 7.75. The Morgan fingerprint density at radius 1 is 0.886 bits per heavy atom. The Kier molecular flexibility index (Phi) is 7.82. The maximum Gasteiger partial charge on any atom is 0.291 e. The second-order valence-electron chi connectivity index (χ2n) is 7.23. The zero-order valence-corrected chi connectivity index (χ0v) is 19.7. The van der Waals surface area contributed by atoms with Gasteiger partial charge in [0.25, 0.3) is 11.8 Å². The Bertz CT molecular complexity index is 1330. The fourth-order valence-corrected chi connectivity index (χ4v) is 3.59. The van der Waals surface area contributed by atoms with E-state index in [4.69, 9.17) is 32.4 Å². The number of rotatable bonds is 8. The van der Waals surface area contributed by atoms with Crippen molar-refractivity contribution in [1.82, 2.24) is 5.43 Å². The van der Waals surface area contributed by atoms with Gasteiger partial charge in [0.15, 0.2) is 5.76 Å². The van der Waals surface area contributed by atoms with Gasteiger partial charge in [-0.1, -0.05) is 41.4 Å². The molecule has 4 aromatic rings. The monoisotopic (exact) mass is 507 g/mol. The third-order valence-corrected chi connectivity index (χ3v) is 5.58. The summed E-state index contributed by atoms with van der Waals surface area (Å²) in [6.07, 6.45) is 2.89. The molecule has 7 nitrogen and oxygen atoms in total. The number of hydrogen-bond donors (Lipinski definition) is 2. The van der Waals surface area contributed by atoms with E-state index in [1.54, 1.807) is 72.8 Å². The van der Waals surface area contributed by atoms with Gasteiger partial charge in [0.1, 0.15) is 12.4 Å². The van der Waals surface area contributed by atoms with Gasteiger partial charge in [-0.15, -0.1) is 0 Å². The van der Waals surface area contributed by atoms with Gasteiger partial charge in [-0.25, -0.2) is 5.43 Å². The van der Waals surface area contributed by atoms with Crippen LogP contribution in [0, 0.1) is 0 Å². The van der Waals surface area contributed by atoms with E-state index in [2.05, 4.69) is 15.8 Å². The summed E-state index contributed by atoms with van der Waals surface area (Å²) in [6, 6.07) is 22.1. The highest BCUT2D eigenvalue weighted by Gasteiger charge is 2.15. The highest BCUT2D eigenvalue weighted by Crippen LogP contribution is 2.26. The summed E-state index contributed by atoms with van der Waals surface area (Å²) < 4.78 is 10.8. The lowest BCUT2D eigenvalue weighted by Crippen LogP contribution is -2.21. The molecule has 0 aliphatic heterocycles. The van der Waals surface area contributed by atoms with E-state index in [-0.39, 0.29) is 17.9 Å². The van der Waals surface area contributed by atoms with Gasteiger partial charge in [-0.3, -0.25) is 9.59 Å². The number of carbonyl (C=O) groups excluding carboxylic acids is 2. The van der Waals surface area contributed by atoms with Crippen molar-refractivity contribution >= 4 is 46.9 Å². The number of anilines is 1. The van der Waals surface area contributed by atoms with Crippen molar-refractivity contribution in [3.05, 3.63) is 118 Å². The molecule has 4 rings (SSSR count). The predicted octanol–water partition coefficient (Wildman–Crippen LogP) is 6.18. The Hall–Kier alpha value is -4.07. The van der Waals surface area contributed by atoms with Gasteiger partial charge in [0, 0.05) is 15.6 Å². The first-order valence-corrected chi connectivity index (χ1v) is 11.2. The van der Waals surface area contributed by atoms with Crippen LogP contribution < -0.4 is 15.5 Å². The van der Waals surface area contributed by atoms with Crippen LogP contribution in [0.1, 0.15) is 32.0 Å². The molecule has 0 aliphatic carbocycles. The minimum absolute atomic E-state index is 0.139. The van der Waals surface area contributed by atoms with Crippen LogP contribution in [0.5, 0.6) is 5.75 Å². The number of ether oxygens (including phenoxy) is 1. The fourth-order valence-electron chi connectivity index (χ4n) is 3.08. The van der Waals surface area contributed by atoms with Crippen molar-refractivity contribution in [1.29, 1.82) is 0 Å². The molecular formula is C26H19Cl2N3O4. The average Bonchev–Trinajstić information content (AvgIpc) is 3.40. The van der Waals surface area contributed by atoms with Crippen LogP contribution in [0.15, 0.2) is 94.6 Å². The molecule has 35 heavy (non-hydrogen) atoms. The SMILES string of the molecule is O=C(Nc1ccccc1C(=O)N/N=C\c1ccc(OCc2c(Cl)cccc2Cl)cc1)c1ccco1. The number of amides is 2. The minimum Gasteiger partial charge on any atom is -0.489 e. The summed E-state index contributed by atoms with van der Waals surface area (Å²) >= 11 is 12.3. The van der Waals surface area contributed by atoms with Crippen LogP contribution >= 0.6 is 23.2 Å². The molecule has 2 amide bonds. The van der Waals surface area contributed by atoms with E-state index < -0.39 is 11.8 Å². The number of halogens is 2. The van der Waals surface area contributed by atoms with Gasteiger partial charge in [0.05, 0.1) is 23.7 Å². The largest absolute Gasteiger partial charge is 0.489 e. The van der Waals surface area contributed by atoms with E-state index >= 15 is 0 Å². The molecule has 1 heterocycles. The molecular weight excluding hydrogens is 489 g/mol. The molecule has 0 bridgehead atoms. The van der Waals surface area contributed by atoms with Crippen LogP contribution in [0.3, 0.4) is 0 Å². The van der Waals surface area contributed by atoms with Gasteiger partial charge in [-0.05, 0) is 66.2 Å². The van der Waals surface area contributed by atoms with E-state index in [1.807, 2.05) is 0 Å². The molecule has 0 spiro atoms. The number of benzene rings is 3. The summed E-state index contributed by atoms with van der Waals surface area (Å²) in [4.78, 5) is 24.9. The number of hydrogen-bond acceptors (Lipinski definition) is 5. The van der Waals surface area contributed by atoms with Crippen molar-refractivity contribution in [2.75, 3.05) is 5.32 Å². The predicted molar refractivity (Wildman–Crippen MR) is 135 cm³/mol. The lowest BCUT2D eigenvalue weighted by molar-refractivity contribution is 0.0956. The summed E-state index contributed by atoms with van der Waals surface area (Å²) in [7, 11) is 0. The molecule has 0 unspecified atom stereocenters. The molecule has 0 atom stereocenters. The van der Waals surface area contributed by atoms with Crippen LogP contribution in [0.4, 0.5) is 5.69 Å². The Morgan fingerprint density at radius 3 is 2.34 bits per heavy atom. The molecule has 9 heteroatoms. The highest BCUT2D eigenvalue weighted by atomic mass is 35.5. The van der Waals surface area contributed by atoms with E-state index in [0.717, 1.165) is 5.56 Å². The summed E-state index contributed by atoms with van der Waals surface area (Å²) in [5.74, 6) is -0.171. The van der Waals surface area contributed by atoms with Crippen LogP contribution in [0.2, 0.25) is 10.0 Å². The van der Waals surface area contributed by atoms with Gasteiger partial charge < -0.3 is 14.5 Å². The molecule has 176 valence electrons. The third-order valence-electron chi connectivity index (χ3n) is 4.87. The molecule has 0 aliphatic rings. The summed E-state index contributed by atoms with van der Waals surface area (Å²) in [5.41, 5.74) is 4.51. The number of para-hydroxylation sites is 1. The van der Waals surface area contributed by atoms with E-state index in [9.17, 15) is 9.59 Å². The van der Waals surface area contributed by atoms with Crippen LogP contribution in [-0.2, 0) is 6.61 Å². The lowest BCUT2D eigenvalue weighted by atomic mass is 10.1. The molecule has 0 saturated carbocycles. The molecule has 0 saturated heterocycles. The number of nitrogens with one attached hydrogen (secondary N) is 2. The van der Waals surface area contributed by atoms with Crippen molar-refractivity contribution in [2.45, 2.75) is 6.61 Å². The minimum atomic E-state index is -0.479. The van der Waals surface area contributed by atoms with E-state index in [0.29, 0.717) is 27.0 Å². The van der Waals surface area contributed by atoms with Gasteiger partial charge >= 0.3 is 0 Å². The molecule has 0 fully saturated rings. The number of nitrogens with zero attached hydrogens (tertiary/aromatic N) is 1.